The highest BCUT2D eigenvalue weighted by Crippen LogP contribution is 2.41. The van der Waals surface area contributed by atoms with Crippen LogP contribution in [0.4, 0.5) is 0 Å². The van der Waals surface area contributed by atoms with Crippen molar-refractivity contribution in [2.75, 3.05) is 13.7 Å². The van der Waals surface area contributed by atoms with Crippen LogP contribution < -0.4 is 10.1 Å². The van der Waals surface area contributed by atoms with Crippen molar-refractivity contribution < 1.29 is 9.84 Å². The molecule has 32 heavy (non-hydrogen) atoms. The fourth-order valence-electron chi connectivity index (χ4n) is 3.97. The summed E-state index contributed by atoms with van der Waals surface area (Å²) in [6.45, 7) is 7.84. The van der Waals surface area contributed by atoms with Crippen molar-refractivity contribution in [3.8, 4) is 38.6 Å². The SMILES string of the molecule is CC#Cc1cc(-c2ncc(-c3cccc4c3CCC4NC)s2)ccc1OC(C)C.CCO. The summed E-state index contributed by atoms with van der Waals surface area (Å²) in [6.07, 6.45) is 4.39. The van der Waals surface area contributed by atoms with E-state index < -0.39 is 0 Å². The first-order chi connectivity index (χ1) is 15.5. The molecule has 0 amide bonds. The number of rotatable bonds is 5. The lowest BCUT2D eigenvalue weighted by Crippen LogP contribution is -2.12. The molecule has 3 aromatic rings. The molecule has 5 heteroatoms. The van der Waals surface area contributed by atoms with Gasteiger partial charge >= 0.3 is 0 Å². The van der Waals surface area contributed by atoms with E-state index in [2.05, 4.69) is 47.5 Å². The van der Waals surface area contributed by atoms with Gasteiger partial charge in [0.2, 0.25) is 0 Å². The molecule has 1 aromatic heterocycles. The third-order valence-corrected chi connectivity index (χ3v) is 6.32. The van der Waals surface area contributed by atoms with Gasteiger partial charge in [0.1, 0.15) is 10.8 Å². The summed E-state index contributed by atoms with van der Waals surface area (Å²) in [7, 11) is 2.04. The van der Waals surface area contributed by atoms with Crippen molar-refractivity contribution in [1.82, 2.24) is 10.3 Å². The second kappa shape index (κ2) is 11.3. The third-order valence-electron chi connectivity index (χ3n) is 5.24. The van der Waals surface area contributed by atoms with Crippen LogP contribution in [0.1, 0.15) is 56.8 Å². The van der Waals surface area contributed by atoms with Crippen LogP contribution in [0.25, 0.3) is 21.0 Å². The van der Waals surface area contributed by atoms with Gasteiger partial charge < -0.3 is 15.2 Å². The molecule has 1 heterocycles. The second-order valence-electron chi connectivity index (χ2n) is 7.85. The molecule has 0 bridgehead atoms. The first-order valence-electron chi connectivity index (χ1n) is 11.1. The van der Waals surface area contributed by atoms with Gasteiger partial charge in [-0.1, -0.05) is 24.1 Å². The van der Waals surface area contributed by atoms with Gasteiger partial charge in [0.15, 0.2) is 0 Å². The van der Waals surface area contributed by atoms with Crippen LogP contribution >= 0.6 is 11.3 Å². The summed E-state index contributed by atoms with van der Waals surface area (Å²) in [5, 5.41) is 12.0. The number of aliphatic hydroxyl groups is 1. The van der Waals surface area contributed by atoms with Gasteiger partial charge in [-0.2, -0.15) is 0 Å². The highest BCUT2D eigenvalue weighted by Gasteiger charge is 2.24. The van der Waals surface area contributed by atoms with E-state index in [1.807, 2.05) is 40.1 Å². The van der Waals surface area contributed by atoms with Gasteiger partial charge in [0, 0.05) is 24.4 Å². The van der Waals surface area contributed by atoms with Crippen molar-refractivity contribution in [3.63, 3.8) is 0 Å². The predicted octanol–water partition coefficient (Wildman–Crippen LogP) is 5.84. The van der Waals surface area contributed by atoms with Crippen LogP contribution in [0.2, 0.25) is 0 Å². The molecular weight excluding hydrogens is 416 g/mol. The van der Waals surface area contributed by atoms with Crippen LogP contribution in [0.5, 0.6) is 5.75 Å². The third kappa shape index (κ3) is 5.39. The quantitative estimate of drug-likeness (QED) is 0.482. The summed E-state index contributed by atoms with van der Waals surface area (Å²) in [4.78, 5) is 5.95. The zero-order valence-electron chi connectivity index (χ0n) is 19.5. The van der Waals surface area contributed by atoms with E-state index >= 15 is 0 Å². The van der Waals surface area contributed by atoms with Gasteiger partial charge in [-0.3, -0.25) is 0 Å². The molecule has 1 unspecified atom stereocenters. The van der Waals surface area contributed by atoms with Crippen LogP contribution in [0.15, 0.2) is 42.6 Å². The molecule has 168 valence electrons. The summed E-state index contributed by atoms with van der Waals surface area (Å²) in [5.74, 6) is 6.99. The van der Waals surface area contributed by atoms with Crippen molar-refractivity contribution in [3.05, 3.63) is 59.3 Å². The Bertz CT molecular complexity index is 1110. The van der Waals surface area contributed by atoms with Gasteiger partial charge in [0.05, 0.1) is 16.5 Å². The van der Waals surface area contributed by atoms with Crippen LogP contribution in [-0.4, -0.2) is 29.8 Å². The molecule has 1 atom stereocenters. The Kier molecular flexibility index (Phi) is 8.46. The highest BCUT2D eigenvalue weighted by molar-refractivity contribution is 7.18. The van der Waals surface area contributed by atoms with Crippen LogP contribution in [0.3, 0.4) is 0 Å². The number of nitrogens with zero attached hydrogens (tertiary/aromatic N) is 1. The number of hydrogen-bond acceptors (Lipinski definition) is 5. The number of aromatic nitrogens is 1. The van der Waals surface area contributed by atoms with E-state index in [1.54, 1.807) is 18.3 Å². The molecule has 0 saturated carbocycles. The van der Waals surface area contributed by atoms with Crippen LogP contribution in [-0.2, 0) is 6.42 Å². The number of thiazole rings is 1. The Morgan fingerprint density at radius 1 is 1.28 bits per heavy atom. The molecule has 2 aromatic carbocycles. The number of nitrogens with one attached hydrogen (secondary N) is 1. The van der Waals surface area contributed by atoms with Gasteiger partial charge in [-0.15, -0.1) is 17.3 Å². The zero-order valence-corrected chi connectivity index (χ0v) is 20.3. The summed E-state index contributed by atoms with van der Waals surface area (Å²) in [6, 6.07) is 13.3. The maximum Gasteiger partial charge on any atom is 0.135 e. The van der Waals surface area contributed by atoms with Crippen molar-refractivity contribution in [2.45, 2.75) is 52.7 Å². The van der Waals surface area contributed by atoms with Crippen LogP contribution in [0, 0.1) is 11.8 Å². The lowest BCUT2D eigenvalue weighted by molar-refractivity contribution is 0.242. The maximum atomic E-state index is 7.57. The Hall–Kier alpha value is -2.65. The molecule has 4 nitrogen and oxygen atoms in total. The summed E-state index contributed by atoms with van der Waals surface area (Å²) < 4.78 is 5.91. The first-order valence-corrected chi connectivity index (χ1v) is 11.9. The van der Waals surface area contributed by atoms with Gasteiger partial charge in [0.25, 0.3) is 0 Å². The molecule has 0 aliphatic heterocycles. The number of fused-ring (bicyclic) bond motifs is 1. The van der Waals surface area contributed by atoms with E-state index in [9.17, 15) is 0 Å². The molecule has 1 aliphatic rings. The number of ether oxygens (including phenoxy) is 1. The topological polar surface area (TPSA) is 54.4 Å². The Morgan fingerprint density at radius 2 is 2.06 bits per heavy atom. The minimum Gasteiger partial charge on any atom is -0.490 e. The lowest BCUT2D eigenvalue weighted by Gasteiger charge is -2.12. The Morgan fingerprint density at radius 3 is 2.75 bits per heavy atom. The molecule has 0 radical (unpaired) electrons. The average molecular weight is 449 g/mol. The summed E-state index contributed by atoms with van der Waals surface area (Å²) in [5.41, 5.74) is 6.19. The van der Waals surface area contributed by atoms with Crippen molar-refractivity contribution in [1.29, 1.82) is 0 Å². The summed E-state index contributed by atoms with van der Waals surface area (Å²) >= 11 is 1.74. The largest absolute Gasteiger partial charge is 0.490 e. The highest BCUT2D eigenvalue weighted by atomic mass is 32.1. The predicted molar refractivity (Wildman–Crippen MR) is 134 cm³/mol. The fraction of sp³-hybridized carbons (Fsp3) is 0.370. The maximum absolute atomic E-state index is 7.57. The minimum atomic E-state index is 0.117. The number of aliphatic hydroxyl groups excluding tert-OH is 1. The van der Waals surface area contributed by atoms with Crippen molar-refractivity contribution in [2.24, 2.45) is 0 Å². The Labute approximate surface area is 195 Å². The zero-order chi connectivity index (χ0) is 23.1. The van der Waals surface area contributed by atoms with E-state index in [0.29, 0.717) is 6.04 Å². The van der Waals surface area contributed by atoms with Crippen molar-refractivity contribution >= 4 is 11.3 Å². The smallest absolute Gasteiger partial charge is 0.135 e. The molecule has 0 saturated heterocycles. The number of hydrogen-bond donors (Lipinski definition) is 2. The van der Waals surface area contributed by atoms with E-state index in [4.69, 9.17) is 14.8 Å². The standard InChI is InChI=1S/C25H26N2OS.C2H6O/c1-5-7-17-14-18(10-13-23(17)28-16(2)3)25-27-15-24(29-25)21-9-6-8-20-19(21)11-12-22(20)26-4;1-2-3/h6,8-10,13-16,22,26H,11-12H2,1-4H3;3H,2H2,1H3. The first kappa shape index (κ1) is 24.0. The minimum absolute atomic E-state index is 0.117. The molecule has 0 fully saturated rings. The fourth-order valence-corrected chi connectivity index (χ4v) is 4.93. The van der Waals surface area contributed by atoms with Gasteiger partial charge in [-0.25, -0.2) is 4.98 Å². The molecule has 4 rings (SSSR count). The molecular formula is C27H32N2O2S. The lowest BCUT2D eigenvalue weighted by atomic mass is 10.0. The Balaban J connectivity index is 0.000000913. The van der Waals surface area contributed by atoms with E-state index in [1.165, 1.54) is 21.6 Å². The van der Waals surface area contributed by atoms with E-state index in [0.717, 1.165) is 34.7 Å². The molecule has 0 spiro atoms. The van der Waals surface area contributed by atoms with Gasteiger partial charge in [-0.05, 0) is 82.5 Å². The number of benzene rings is 2. The monoisotopic (exact) mass is 448 g/mol. The molecule has 1 aliphatic carbocycles. The second-order valence-corrected chi connectivity index (χ2v) is 8.88. The normalized spacial score (nSPS) is 14.3. The van der Waals surface area contributed by atoms with E-state index in [-0.39, 0.29) is 12.7 Å². The molecule has 2 N–H and O–H groups in total. The average Bonchev–Trinajstić information content (AvgIpc) is 3.42.